The number of rotatable bonds is 5. The molecule has 1 aliphatic rings. The summed E-state index contributed by atoms with van der Waals surface area (Å²) in [6, 6.07) is 7.20. The zero-order chi connectivity index (χ0) is 18.7. The standard InChI is InChI=1S/C19H25N5O2/c1-4-13-6-5-7-15(20-13)18(25)21-14-8-9-24(11-14)19(26)17-10-16(12(2)3)22-23-17/h5-7,10,12,14H,4,8-9,11H2,1-3H3,(H,21,25)(H,22,23). The van der Waals surface area contributed by atoms with Crippen molar-refractivity contribution >= 4 is 11.8 Å². The quantitative estimate of drug-likeness (QED) is 0.860. The molecule has 26 heavy (non-hydrogen) atoms. The van der Waals surface area contributed by atoms with E-state index in [1.807, 2.05) is 32.9 Å². The Morgan fingerprint density at radius 2 is 2.15 bits per heavy atom. The lowest BCUT2D eigenvalue weighted by Gasteiger charge is -2.16. The van der Waals surface area contributed by atoms with Crippen LogP contribution in [0.2, 0.25) is 0 Å². The highest BCUT2D eigenvalue weighted by molar-refractivity contribution is 5.94. The Kier molecular flexibility index (Phi) is 5.35. The zero-order valence-corrected chi connectivity index (χ0v) is 15.5. The molecule has 0 aromatic carbocycles. The predicted octanol–water partition coefficient (Wildman–Crippen LogP) is 2.13. The average Bonchev–Trinajstić information content (AvgIpc) is 3.31. The van der Waals surface area contributed by atoms with Crippen LogP contribution in [0.15, 0.2) is 24.3 Å². The van der Waals surface area contributed by atoms with Gasteiger partial charge in [0.15, 0.2) is 0 Å². The van der Waals surface area contributed by atoms with Crippen LogP contribution in [0.5, 0.6) is 0 Å². The highest BCUT2D eigenvalue weighted by atomic mass is 16.2. The number of hydrogen-bond acceptors (Lipinski definition) is 4. The van der Waals surface area contributed by atoms with Crippen LogP contribution < -0.4 is 5.32 Å². The Morgan fingerprint density at radius 3 is 2.85 bits per heavy atom. The molecule has 1 fully saturated rings. The van der Waals surface area contributed by atoms with Crippen molar-refractivity contribution in [3.05, 3.63) is 47.0 Å². The molecule has 0 saturated carbocycles. The third-order valence-corrected chi connectivity index (χ3v) is 4.65. The van der Waals surface area contributed by atoms with Gasteiger partial charge in [0.2, 0.25) is 0 Å². The summed E-state index contributed by atoms with van der Waals surface area (Å²) in [5.41, 5.74) is 2.68. The first kappa shape index (κ1) is 18.1. The summed E-state index contributed by atoms with van der Waals surface area (Å²) in [5, 5.41) is 10.0. The van der Waals surface area contributed by atoms with Crippen LogP contribution in [0.4, 0.5) is 0 Å². The predicted molar refractivity (Wildman–Crippen MR) is 98.1 cm³/mol. The number of hydrogen-bond donors (Lipinski definition) is 2. The maximum Gasteiger partial charge on any atom is 0.274 e. The van der Waals surface area contributed by atoms with Gasteiger partial charge in [0, 0.05) is 30.5 Å². The van der Waals surface area contributed by atoms with E-state index in [2.05, 4.69) is 20.5 Å². The van der Waals surface area contributed by atoms with Gasteiger partial charge in [-0.1, -0.05) is 26.8 Å². The van der Waals surface area contributed by atoms with Gasteiger partial charge in [-0.25, -0.2) is 4.98 Å². The van der Waals surface area contributed by atoms with E-state index in [1.54, 1.807) is 17.0 Å². The number of H-pyrrole nitrogens is 1. The number of carbonyl (C=O) groups is 2. The first-order valence-corrected chi connectivity index (χ1v) is 9.09. The largest absolute Gasteiger partial charge is 0.346 e. The Labute approximate surface area is 153 Å². The molecular formula is C19H25N5O2. The van der Waals surface area contributed by atoms with Gasteiger partial charge >= 0.3 is 0 Å². The third kappa shape index (κ3) is 3.92. The van der Waals surface area contributed by atoms with E-state index < -0.39 is 0 Å². The summed E-state index contributed by atoms with van der Waals surface area (Å²) in [7, 11) is 0. The second kappa shape index (κ2) is 7.68. The monoisotopic (exact) mass is 355 g/mol. The van der Waals surface area contributed by atoms with Gasteiger partial charge in [-0.15, -0.1) is 0 Å². The molecule has 0 aliphatic carbocycles. The average molecular weight is 355 g/mol. The maximum absolute atomic E-state index is 12.6. The molecule has 1 saturated heterocycles. The number of aryl methyl sites for hydroxylation is 1. The van der Waals surface area contributed by atoms with Crippen LogP contribution >= 0.6 is 0 Å². The molecule has 2 N–H and O–H groups in total. The van der Waals surface area contributed by atoms with Crippen molar-refractivity contribution < 1.29 is 9.59 Å². The number of likely N-dealkylation sites (tertiary alicyclic amines) is 1. The lowest BCUT2D eigenvalue weighted by Crippen LogP contribution is -2.38. The van der Waals surface area contributed by atoms with Crippen LogP contribution in [0.1, 0.15) is 65.5 Å². The molecule has 138 valence electrons. The lowest BCUT2D eigenvalue weighted by atomic mass is 10.1. The van der Waals surface area contributed by atoms with E-state index in [4.69, 9.17) is 0 Å². The normalized spacial score (nSPS) is 16.9. The van der Waals surface area contributed by atoms with Crippen molar-refractivity contribution in [3.63, 3.8) is 0 Å². The highest BCUT2D eigenvalue weighted by Crippen LogP contribution is 2.16. The molecule has 3 rings (SSSR count). The van der Waals surface area contributed by atoms with Crippen LogP contribution in [0.25, 0.3) is 0 Å². The minimum absolute atomic E-state index is 0.0676. The Hall–Kier alpha value is -2.70. The minimum Gasteiger partial charge on any atom is -0.346 e. The fourth-order valence-electron chi connectivity index (χ4n) is 3.03. The van der Waals surface area contributed by atoms with Gasteiger partial charge < -0.3 is 10.2 Å². The van der Waals surface area contributed by atoms with Gasteiger partial charge in [-0.2, -0.15) is 5.10 Å². The number of pyridine rings is 1. The molecule has 1 unspecified atom stereocenters. The Balaban J connectivity index is 1.59. The smallest absolute Gasteiger partial charge is 0.274 e. The lowest BCUT2D eigenvalue weighted by molar-refractivity contribution is 0.0777. The summed E-state index contributed by atoms with van der Waals surface area (Å²) in [6.07, 6.45) is 1.52. The summed E-state index contributed by atoms with van der Waals surface area (Å²) in [4.78, 5) is 31.1. The Morgan fingerprint density at radius 1 is 1.35 bits per heavy atom. The van der Waals surface area contributed by atoms with E-state index in [9.17, 15) is 9.59 Å². The molecule has 1 aliphatic heterocycles. The zero-order valence-electron chi connectivity index (χ0n) is 15.5. The maximum atomic E-state index is 12.6. The van der Waals surface area contributed by atoms with Crippen molar-refractivity contribution in [3.8, 4) is 0 Å². The first-order valence-electron chi connectivity index (χ1n) is 9.09. The number of aromatic amines is 1. The number of nitrogens with zero attached hydrogens (tertiary/aromatic N) is 3. The van der Waals surface area contributed by atoms with Gasteiger partial charge in [0.25, 0.3) is 11.8 Å². The first-order chi connectivity index (χ1) is 12.5. The van der Waals surface area contributed by atoms with Gasteiger partial charge in [0.1, 0.15) is 11.4 Å². The van der Waals surface area contributed by atoms with Crippen molar-refractivity contribution in [2.24, 2.45) is 0 Å². The summed E-state index contributed by atoms with van der Waals surface area (Å²) >= 11 is 0. The van der Waals surface area contributed by atoms with E-state index in [0.717, 1.165) is 24.2 Å². The van der Waals surface area contributed by atoms with E-state index in [1.165, 1.54) is 0 Å². The number of amides is 2. The van der Waals surface area contributed by atoms with Crippen molar-refractivity contribution in [1.29, 1.82) is 0 Å². The fourth-order valence-corrected chi connectivity index (χ4v) is 3.03. The molecule has 0 bridgehead atoms. The molecule has 2 aromatic heterocycles. The molecule has 3 heterocycles. The minimum atomic E-state index is -0.193. The molecule has 2 amide bonds. The summed E-state index contributed by atoms with van der Waals surface area (Å²) in [5.74, 6) is -0.00137. The topological polar surface area (TPSA) is 91.0 Å². The summed E-state index contributed by atoms with van der Waals surface area (Å²) < 4.78 is 0. The summed E-state index contributed by atoms with van der Waals surface area (Å²) in [6.45, 7) is 7.19. The second-order valence-corrected chi connectivity index (χ2v) is 6.94. The van der Waals surface area contributed by atoms with Crippen LogP contribution in [-0.4, -0.2) is 51.0 Å². The van der Waals surface area contributed by atoms with Crippen LogP contribution in [-0.2, 0) is 6.42 Å². The fraction of sp³-hybridized carbons (Fsp3) is 0.474. The second-order valence-electron chi connectivity index (χ2n) is 6.94. The molecule has 2 aromatic rings. The van der Waals surface area contributed by atoms with Gasteiger partial charge in [-0.3, -0.25) is 14.7 Å². The van der Waals surface area contributed by atoms with Gasteiger partial charge in [-0.05, 0) is 37.0 Å². The number of aromatic nitrogens is 3. The van der Waals surface area contributed by atoms with E-state index in [-0.39, 0.29) is 17.9 Å². The number of nitrogens with one attached hydrogen (secondary N) is 2. The van der Waals surface area contributed by atoms with Crippen molar-refractivity contribution in [1.82, 2.24) is 25.4 Å². The Bertz CT molecular complexity index is 799. The molecular weight excluding hydrogens is 330 g/mol. The molecule has 0 radical (unpaired) electrons. The molecule has 1 atom stereocenters. The van der Waals surface area contributed by atoms with Gasteiger partial charge in [0.05, 0.1) is 0 Å². The van der Waals surface area contributed by atoms with Crippen molar-refractivity contribution in [2.45, 2.75) is 45.6 Å². The van der Waals surface area contributed by atoms with Crippen LogP contribution in [0, 0.1) is 0 Å². The molecule has 7 nitrogen and oxygen atoms in total. The van der Waals surface area contributed by atoms with E-state index in [0.29, 0.717) is 30.4 Å². The molecule has 7 heteroatoms. The van der Waals surface area contributed by atoms with Crippen LogP contribution in [0.3, 0.4) is 0 Å². The number of carbonyl (C=O) groups excluding carboxylic acids is 2. The molecule has 0 spiro atoms. The highest BCUT2D eigenvalue weighted by Gasteiger charge is 2.29. The van der Waals surface area contributed by atoms with E-state index >= 15 is 0 Å². The SMILES string of the molecule is CCc1cccc(C(=O)NC2CCN(C(=O)c3cc(C(C)C)[nH]n3)C2)n1. The van der Waals surface area contributed by atoms with Crippen molar-refractivity contribution in [2.75, 3.05) is 13.1 Å². The third-order valence-electron chi connectivity index (χ3n) is 4.65.